The molecule has 0 aliphatic heterocycles. The van der Waals surface area contributed by atoms with E-state index in [1.165, 1.54) is 16.8 Å². The molecule has 1 heterocycles. The van der Waals surface area contributed by atoms with E-state index in [4.69, 9.17) is 9.88 Å². The van der Waals surface area contributed by atoms with Gasteiger partial charge < -0.3 is 4.74 Å². The minimum Gasteiger partial charge on any atom is -0.497 e. The van der Waals surface area contributed by atoms with Crippen LogP contribution in [0.15, 0.2) is 93.5 Å². The molecule has 174 valence electrons. The highest BCUT2D eigenvalue weighted by Crippen LogP contribution is 2.24. The predicted molar refractivity (Wildman–Crippen MR) is 132 cm³/mol. The Kier molecular flexibility index (Phi) is 6.49. The third-order valence-corrected chi connectivity index (χ3v) is 6.33. The average Bonchev–Trinajstić information content (AvgIpc) is 3.20. The van der Waals surface area contributed by atoms with Crippen molar-refractivity contribution in [3.05, 3.63) is 100 Å². The molecular formula is C25H24N4O4S. The fourth-order valence-electron chi connectivity index (χ4n) is 3.57. The Morgan fingerprint density at radius 2 is 1.65 bits per heavy atom. The number of benzene rings is 3. The lowest BCUT2D eigenvalue weighted by molar-refractivity contribution is 0.415. The monoisotopic (exact) mass is 476 g/mol. The molecule has 34 heavy (non-hydrogen) atoms. The molecule has 0 saturated heterocycles. The first-order chi connectivity index (χ1) is 16.3. The van der Waals surface area contributed by atoms with Gasteiger partial charge in [-0.25, -0.2) is 18.2 Å². The predicted octanol–water partition coefficient (Wildman–Crippen LogP) is 3.50. The van der Waals surface area contributed by atoms with Crippen LogP contribution < -0.4 is 15.4 Å². The molecular weight excluding hydrogens is 452 g/mol. The van der Waals surface area contributed by atoms with Crippen LogP contribution in [-0.4, -0.2) is 31.0 Å². The molecule has 1 aromatic heterocycles. The van der Waals surface area contributed by atoms with E-state index < -0.39 is 10.0 Å². The van der Waals surface area contributed by atoms with Gasteiger partial charge in [0.1, 0.15) is 5.75 Å². The Labute approximate surface area is 197 Å². The number of ether oxygens (including phenoxy) is 1. The number of aromatic amines is 1. The average molecular weight is 477 g/mol. The number of aliphatic imine (C=N–C) groups is 1. The van der Waals surface area contributed by atoms with E-state index in [2.05, 4.69) is 10.1 Å². The fraction of sp³-hybridized carbons (Fsp3) is 0.120. The van der Waals surface area contributed by atoms with E-state index in [9.17, 15) is 13.2 Å². The SMILES string of the molecule is COc1ccc(-c2[nH]n(-c3ccccc3)c(=O)c2C(C)=NCc2ccc(S(N)(=O)=O)cc2)cc1. The number of sulfonamides is 1. The van der Waals surface area contributed by atoms with Crippen molar-refractivity contribution in [2.45, 2.75) is 18.4 Å². The van der Waals surface area contributed by atoms with Crippen molar-refractivity contribution in [3.8, 4) is 22.7 Å². The first-order valence-corrected chi connectivity index (χ1v) is 12.0. The van der Waals surface area contributed by atoms with Gasteiger partial charge >= 0.3 is 0 Å². The van der Waals surface area contributed by atoms with Crippen LogP contribution in [0.4, 0.5) is 0 Å². The summed E-state index contributed by atoms with van der Waals surface area (Å²) in [6.07, 6.45) is 0. The summed E-state index contributed by atoms with van der Waals surface area (Å²) < 4.78 is 29.7. The molecule has 0 fully saturated rings. The molecule has 0 unspecified atom stereocenters. The lowest BCUT2D eigenvalue weighted by Crippen LogP contribution is -2.19. The van der Waals surface area contributed by atoms with E-state index in [0.29, 0.717) is 28.4 Å². The molecule has 0 bridgehead atoms. The van der Waals surface area contributed by atoms with E-state index in [1.54, 1.807) is 26.2 Å². The van der Waals surface area contributed by atoms with E-state index >= 15 is 0 Å². The van der Waals surface area contributed by atoms with Crippen LogP contribution in [0.1, 0.15) is 18.1 Å². The molecule has 0 aliphatic carbocycles. The zero-order valence-corrected chi connectivity index (χ0v) is 19.5. The molecule has 4 aromatic rings. The van der Waals surface area contributed by atoms with Crippen molar-refractivity contribution >= 4 is 15.7 Å². The topological polar surface area (TPSA) is 120 Å². The molecule has 0 radical (unpaired) electrons. The van der Waals surface area contributed by atoms with Crippen molar-refractivity contribution in [1.29, 1.82) is 0 Å². The smallest absolute Gasteiger partial charge is 0.280 e. The second kappa shape index (κ2) is 9.50. The lowest BCUT2D eigenvalue weighted by atomic mass is 10.0. The third-order valence-electron chi connectivity index (χ3n) is 5.40. The number of hydrogen-bond acceptors (Lipinski definition) is 5. The molecule has 0 aliphatic rings. The number of nitrogens with two attached hydrogens (primary N) is 1. The van der Waals surface area contributed by atoms with Crippen LogP contribution in [-0.2, 0) is 16.6 Å². The maximum absolute atomic E-state index is 13.4. The molecule has 0 amide bonds. The molecule has 9 heteroatoms. The highest BCUT2D eigenvalue weighted by molar-refractivity contribution is 7.89. The number of aromatic nitrogens is 2. The number of methoxy groups -OCH3 is 1. The number of primary sulfonamides is 1. The summed E-state index contributed by atoms with van der Waals surface area (Å²) in [6.45, 7) is 2.06. The number of nitrogens with one attached hydrogen (secondary N) is 1. The highest BCUT2D eigenvalue weighted by Gasteiger charge is 2.19. The Bertz CT molecular complexity index is 1490. The fourth-order valence-corrected chi connectivity index (χ4v) is 4.09. The third kappa shape index (κ3) is 4.85. The Morgan fingerprint density at radius 3 is 2.24 bits per heavy atom. The molecule has 0 saturated carbocycles. The van der Waals surface area contributed by atoms with Crippen molar-refractivity contribution in [1.82, 2.24) is 9.78 Å². The molecule has 3 N–H and O–H groups in total. The van der Waals surface area contributed by atoms with Crippen LogP contribution in [0.5, 0.6) is 5.75 Å². The van der Waals surface area contributed by atoms with Gasteiger partial charge in [0, 0.05) is 11.3 Å². The molecule has 0 spiro atoms. The zero-order valence-electron chi connectivity index (χ0n) is 18.7. The number of nitrogens with zero attached hydrogens (tertiary/aromatic N) is 2. The number of para-hydroxylation sites is 1. The van der Waals surface area contributed by atoms with E-state index in [-0.39, 0.29) is 17.0 Å². The molecule has 3 aromatic carbocycles. The Morgan fingerprint density at radius 1 is 1.00 bits per heavy atom. The van der Waals surface area contributed by atoms with Gasteiger partial charge in [0.25, 0.3) is 5.56 Å². The van der Waals surface area contributed by atoms with Crippen molar-refractivity contribution in [3.63, 3.8) is 0 Å². The van der Waals surface area contributed by atoms with Crippen LogP contribution >= 0.6 is 0 Å². The van der Waals surface area contributed by atoms with Crippen LogP contribution in [0.25, 0.3) is 16.9 Å². The lowest BCUT2D eigenvalue weighted by Gasteiger charge is -2.05. The number of rotatable bonds is 7. The summed E-state index contributed by atoms with van der Waals surface area (Å²) in [6, 6.07) is 22.9. The van der Waals surface area contributed by atoms with Gasteiger partial charge in [0.15, 0.2) is 0 Å². The minimum absolute atomic E-state index is 0.0372. The standard InChI is InChI=1S/C25H24N4O4S/c1-17(27-16-18-8-14-22(15-9-18)34(26,31)32)23-24(19-10-12-21(33-2)13-11-19)28-29(25(23)30)20-6-4-3-5-7-20/h3-15,28H,16H2,1-2H3,(H2,26,31,32). The van der Waals surface area contributed by atoms with Gasteiger partial charge in [-0.05, 0) is 61.0 Å². The van der Waals surface area contributed by atoms with Crippen molar-refractivity contribution in [2.75, 3.05) is 7.11 Å². The quantitative estimate of drug-likeness (QED) is 0.397. The summed E-state index contributed by atoms with van der Waals surface area (Å²) in [5.74, 6) is 0.712. The summed E-state index contributed by atoms with van der Waals surface area (Å²) >= 11 is 0. The van der Waals surface area contributed by atoms with Crippen molar-refractivity contribution < 1.29 is 13.2 Å². The highest BCUT2D eigenvalue weighted by atomic mass is 32.2. The summed E-state index contributed by atoms with van der Waals surface area (Å²) in [7, 11) is -2.16. The minimum atomic E-state index is -3.76. The van der Waals surface area contributed by atoms with Gasteiger partial charge in [-0.1, -0.05) is 30.3 Å². The Hall–Kier alpha value is -3.95. The van der Waals surface area contributed by atoms with Crippen LogP contribution in [0.2, 0.25) is 0 Å². The van der Waals surface area contributed by atoms with Gasteiger partial charge in [0.2, 0.25) is 10.0 Å². The molecule has 4 rings (SSSR count). The van der Waals surface area contributed by atoms with Gasteiger partial charge in [-0.3, -0.25) is 14.9 Å². The zero-order chi connectivity index (χ0) is 24.3. The van der Waals surface area contributed by atoms with Gasteiger partial charge in [-0.15, -0.1) is 0 Å². The van der Waals surface area contributed by atoms with Crippen LogP contribution in [0.3, 0.4) is 0 Å². The largest absolute Gasteiger partial charge is 0.497 e. The summed E-state index contributed by atoms with van der Waals surface area (Å²) in [4.78, 5) is 18.1. The van der Waals surface area contributed by atoms with E-state index in [1.807, 2.05) is 54.6 Å². The molecule has 0 atom stereocenters. The second-order valence-corrected chi connectivity index (χ2v) is 9.22. The molecule has 8 nitrogen and oxygen atoms in total. The number of hydrogen-bond donors (Lipinski definition) is 2. The second-order valence-electron chi connectivity index (χ2n) is 7.66. The summed E-state index contributed by atoms with van der Waals surface area (Å²) in [5.41, 5.74) is 3.74. The van der Waals surface area contributed by atoms with Gasteiger partial charge in [0.05, 0.1) is 35.5 Å². The van der Waals surface area contributed by atoms with Crippen molar-refractivity contribution in [2.24, 2.45) is 10.1 Å². The maximum Gasteiger partial charge on any atom is 0.280 e. The first-order valence-electron chi connectivity index (χ1n) is 10.5. The Balaban J connectivity index is 1.75. The first kappa shape index (κ1) is 23.2. The number of H-pyrrole nitrogens is 1. The van der Waals surface area contributed by atoms with E-state index in [0.717, 1.165) is 11.1 Å². The normalized spacial score (nSPS) is 12.0. The maximum atomic E-state index is 13.4. The summed E-state index contributed by atoms with van der Waals surface area (Å²) in [5, 5.41) is 8.38. The van der Waals surface area contributed by atoms with Crippen LogP contribution in [0, 0.1) is 0 Å². The van der Waals surface area contributed by atoms with Gasteiger partial charge in [-0.2, -0.15) is 0 Å².